The molecule has 0 amide bonds. The lowest BCUT2D eigenvalue weighted by Gasteiger charge is -1.80. The summed E-state index contributed by atoms with van der Waals surface area (Å²) in [5, 5.41) is 7.99. The Balaban J connectivity index is 0. The van der Waals surface area contributed by atoms with E-state index in [0.717, 1.165) is 6.42 Å². The van der Waals surface area contributed by atoms with Gasteiger partial charge in [-0.2, -0.15) is 0 Å². The minimum absolute atomic E-state index is 0.219. The van der Waals surface area contributed by atoms with Crippen LogP contribution in [0.15, 0.2) is 12.7 Å². The third-order valence-corrected chi connectivity index (χ3v) is 0.529. The highest BCUT2D eigenvalue weighted by Gasteiger charge is 1.69. The maximum absolute atomic E-state index is 7.99. The normalized spacial score (nSPS) is 7.44. The molecule has 0 aliphatic heterocycles. The van der Waals surface area contributed by atoms with Crippen LogP contribution in [-0.4, -0.2) is 24.8 Å². The molecule has 0 aliphatic carbocycles. The molecule has 0 saturated carbocycles. The van der Waals surface area contributed by atoms with Crippen LogP contribution in [0, 0.1) is 0 Å². The topological polar surface area (TPSA) is 72.3 Å². The van der Waals surface area contributed by atoms with Gasteiger partial charge in [0.1, 0.15) is 0 Å². The first-order valence-electron chi connectivity index (χ1n) is 2.95. The monoisotopic (exact) mass is 132 g/mol. The number of nitrogens with two attached hydrogens (primary N) is 2. The van der Waals surface area contributed by atoms with Crippen molar-refractivity contribution >= 4 is 0 Å². The molecule has 0 unspecified atom stereocenters. The van der Waals surface area contributed by atoms with Crippen molar-refractivity contribution in [1.29, 1.82) is 0 Å². The third-order valence-electron chi connectivity index (χ3n) is 0.529. The second kappa shape index (κ2) is 15.6. The number of aliphatic hydroxyl groups excluding tert-OH is 1. The van der Waals surface area contributed by atoms with Crippen LogP contribution in [0.2, 0.25) is 0 Å². The summed E-state index contributed by atoms with van der Waals surface area (Å²) < 4.78 is 0. The van der Waals surface area contributed by atoms with Gasteiger partial charge in [0.25, 0.3) is 0 Å². The highest BCUT2D eigenvalue weighted by atomic mass is 16.2. The summed E-state index contributed by atoms with van der Waals surface area (Å²) in [6.07, 6.45) is 2.38. The van der Waals surface area contributed by atoms with Crippen molar-refractivity contribution in [3.8, 4) is 0 Å². The summed E-state index contributed by atoms with van der Waals surface area (Å²) in [7, 11) is 0. The summed E-state index contributed by atoms with van der Waals surface area (Å²) in [6.45, 7) is 4.75. The molecule has 0 radical (unpaired) electrons. The van der Waals surface area contributed by atoms with Crippen molar-refractivity contribution < 1.29 is 5.11 Å². The molecule has 0 aromatic carbocycles. The molecule has 5 N–H and O–H groups in total. The van der Waals surface area contributed by atoms with Crippen molar-refractivity contribution in [2.75, 3.05) is 19.7 Å². The maximum Gasteiger partial charge on any atom is 0.0443 e. The Labute approximate surface area is 56.4 Å². The molecule has 0 spiro atoms. The summed E-state index contributed by atoms with van der Waals surface area (Å²) in [4.78, 5) is 0. The van der Waals surface area contributed by atoms with Crippen molar-refractivity contribution in [2.45, 2.75) is 6.42 Å². The average molecular weight is 132 g/mol. The minimum Gasteiger partial charge on any atom is -0.396 e. The van der Waals surface area contributed by atoms with E-state index in [-0.39, 0.29) is 6.61 Å². The lowest BCUT2D eigenvalue weighted by Crippen LogP contribution is -1.99. The second-order valence-electron chi connectivity index (χ2n) is 1.39. The summed E-state index contributed by atoms with van der Waals surface area (Å²) in [5.74, 6) is 0. The fraction of sp³-hybridized carbons (Fsp3) is 0.667. The molecule has 0 aliphatic rings. The van der Waals surface area contributed by atoms with Gasteiger partial charge < -0.3 is 16.6 Å². The van der Waals surface area contributed by atoms with E-state index in [4.69, 9.17) is 16.6 Å². The fourth-order valence-electron chi connectivity index (χ4n) is 0.0913. The molecule has 0 aromatic heterocycles. The number of aliphatic hydroxyl groups is 1. The number of rotatable bonds is 3. The zero-order valence-corrected chi connectivity index (χ0v) is 5.71. The quantitative estimate of drug-likeness (QED) is 0.451. The van der Waals surface area contributed by atoms with Crippen LogP contribution in [-0.2, 0) is 0 Å². The zero-order valence-electron chi connectivity index (χ0n) is 5.71. The van der Waals surface area contributed by atoms with Crippen LogP contribution in [0.3, 0.4) is 0 Å². The summed E-state index contributed by atoms with van der Waals surface area (Å²) in [5.41, 5.74) is 9.89. The Morgan fingerprint density at radius 2 is 1.89 bits per heavy atom. The molecular weight excluding hydrogens is 116 g/mol. The Morgan fingerprint density at radius 3 is 1.89 bits per heavy atom. The number of hydrogen-bond donors (Lipinski definition) is 3. The standard InChI is InChI=1S/C3H9NO.C3H7N/c4-2-1-3-5;1-2-3-4/h5H,1-4H2;2H,1,3-4H2. The molecule has 0 fully saturated rings. The van der Waals surface area contributed by atoms with E-state index in [0.29, 0.717) is 13.1 Å². The average Bonchev–Trinajstić information content (AvgIpc) is 1.91. The molecule has 3 nitrogen and oxygen atoms in total. The van der Waals surface area contributed by atoms with E-state index < -0.39 is 0 Å². The van der Waals surface area contributed by atoms with Crippen LogP contribution in [0.25, 0.3) is 0 Å². The molecule has 0 heterocycles. The first-order chi connectivity index (χ1) is 4.33. The Kier molecular flexibility index (Phi) is 19.9. The van der Waals surface area contributed by atoms with Gasteiger partial charge in [0.15, 0.2) is 0 Å². The highest BCUT2D eigenvalue weighted by molar-refractivity contribution is 4.64. The molecule has 0 bridgehead atoms. The van der Waals surface area contributed by atoms with Crippen molar-refractivity contribution in [3.05, 3.63) is 12.7 Å². The maximum atomic E-state index is 7.99. The van der Waals surface area contributed by atoms with Crippen LogP contribution >= 0.6 is 0 Å². The van der Waals surface area contributed by atoms with E-state index in [9.17, 15) is 0 Å². The first kappa shape index (κ1) is 11.4. The Morgan fingerprint density at radius 1 is 1.44 bits per heavy atom. The summed E-state index contributed by atoms with van der Waals surface area (Å²) in [6, 6.07) is 0. The molecule has 3 heteroatoms. The van der Waals surface area contributed by atoms with Gasteiger partial charge in [0.05, 0.1) is 0 Å². The second-order valence-corrected chi connectivity index (χ2v) is 1.39. The van der Waals surface area contributed by atoms with Gasteiger partial charge in [-0.05, 0) is 13.0 Å². The molecule has 9 heavy (non-hydrogen) atoms. The van der Waals surface area contributed by atoms with Crippen LogP contribution in [0.1, 0.15) is 6.42 Å². The van der Waals surface area contributed by atoms with Crippen LogP contribution in [0.5, 0.6) is 0 Å². The predicted molar refractivity (Wildman–Crippen MR) is 40.0 cm³/mol. The molecule has 0 rings (SSSR count). The van der Waals surface area contributed by atoms with Gasteiger partial charge in [-0.3, -0.25) is 0 Å². The van der Waals surface area contributed by atoms with E-state index in [1.807, 2.05) is 0 Å². The molecule has 0 saturated heterocycles. The SMILES string of the molecule is C=CCN.NCCCO. The molecule has 0 aromatic rings. The molecular formula is C6H16N2O. The summed E-state index contributed by atoms with van der Waals surface area (Å²) >= 11 is 0. The largest absolute Gasteiger partial charge is 0.396 e. The highest BCUT2D eigenvalue weighted by Crippen LogP contribution is 1.62. The van der Waals surface area contributed by atoms with E-state index in [1.165, 1.54) is 0 Å². The predicted octanol–water partition coefficient (Wildman–Crippen LogP) is -0.541. The zero-order chi connectivity index (χ0) is 7.54. The van der Waals surface area contributed by atoms with Gasteiger partial charge in [0.2, 0.25) is 0 Å². The van der Waals surface area contributed by atoms with Gasteiger partial charge in [-0.15, -0.1) is 6.58 Å². The number of hydrogen-bond acceptors (Lipinski definition) is 3. The van der Waals surface area contributed by atoms with Gasteiger partial charge in [-0.25, -0.2) is 0 Å². The third kappa shape index (κ3) is 35.1. The fourth-order valence-corrected chi connectivity index (χ4v) is 0.0913. The minimum atomic E-state index is 0.219. The molecule has 0 atom stereocenters. The van der Waals surface area contributed by atoms with Crippen LogP contribution < -0.4 is 11.5 Å². The smallest absolute Gasteiger partial charge is 0.0443 e. The van der Waals surface area contributed by atoms with E-state index >= 15 is 0 Å². The van der Waals surface area contributed by atoms with Crippen molar-refractivity contribution in [1.82, 2.24) is 0 Å². The van der Waals surface area contributed by atoms with Gasteiger partial charge in [0, 0.05) is 13.2 Å². The van der Waals surface area contributed by atoms with E-state index in [2.05, 4.69) is 6.58 Å². The van der Waals surface area contributed by atoms with Crippen LogP contribution in [0.4, 0.5) is 0 Å². The van der Waals surface area contributed by atoms with Crippen molar-refractivity contribution in [2.24, 2.45) is 11.5 Å². The van der Waals surface area contributed by atoms with Gasteiger partial charge in [-0.1, -0.05) is 6.08 Å². The van der Waals surface area contributed by atoms with Gasteiger partial charge >= 0.3 is 0 Å². The lowest BCUT2D eigenvalue weighted by atomic mass is 10.5. The van der Waals surface area contributed by atoms with Crippen molar-refractivity contribution in [3.63, 3.8) is 0 Å². The van der Waals surface area contributed by atoms with E-state index in [1.54, 1.807) is 6.08 Å². The molecule has 56 valence electrons. The Hall–Kier alpha value is -0.380. The lowest BCUT2D eigenvalue weighted by molar-refractivity contribution is 0.291. The Bertz CT molecular complexity index is 46.3. The first-order valence-corrected chi connectivity index (χ1v) is 2.95.